The van der Waals surface area contributed by atoms with E-state index in [-0.39, 0.29) is 43.1 Å². The molecule has 0 unspecified atom stereocenters. The lowest BCUT2D eigenvalue weighted by molar-refractivity contribution is -0.125. The molecule has 2 aromatic heterocycles. The Morgan fingerprint density at radius 3 is 2.35 bits per heavy atom. The summed E-state index contributed by atoms with van der Waals surface area (Å²) in [5.41, 5.74) is 3.57. The number of aromatic nitrogens is 3. The van der Waals surface area contributed by atoms with Crippen LogP contribution in [0, 0.1) is 0 Å². The van der Waals surface area contributed by atoms with Crippen LogP contribution in [-0.2, 0) is 27.3 Å². The Labute approximate surface area is 266 Å². The Hall–Kier alpha value is -4.81. The molecule has 5 aromatic rings. The number of carbonyl (C=O) groups excluding carboxylic acids is 1. The van der Waals surface area contributed by atoms with Crippen LogP contribution in [0.3, 0.4) is 0 Å². The molecule has 12 heteroatoms. The van der Waals surface area contributed by atoms with Gasteiger partial charge in [-0.15, -0.1) is 0 Å². The third kappa shape index (κ3) is 6.44. The predicted octanol–water partition coefficient (Wildman–Crippen LogP) is 5.39. The van der Waals surface area contributed by atoms with E-state index in [2.05, 4.69) is 20.3 Å². The van der Waals surface area contributed by atoms with Gasteiger partial charge in [0.25, 0.3) is 5.92 Å². The van der Waals surface area contributed by atoms with E-state index in [0.717, 1.165) is 11.1 Å². The number of nitrogens with one attached hydrogen (secondary N) is 1. The maximum atomic E-state index is 14.1. The number of piperazine rings is 1. The molecule has 0 spiro atoms. The van der Waals surface area contributed by atoms with E-state index < -0.39 is 27.9 Å². The Balaban J connectivity index is 1.26. The van der Waals surface area contributed by atoms with E-state index in [9.17, 15) is 22.0 Å². The van der Waals surface area contributed by atoms with Gasteiger partial charge in [-0.05, 0) is 34.9 Å². The maximum Gasteiger partial charge on any atom is 0.273 e. The molecular weight excluding hydrogens is 610 g/mol. The van der Waals surface area contributed by atoms with E-state index >= 15 is 0 Å². The molecule has 1 fully saturated rings. The summed E-state index contributed by atoms with van der Waals surface area (Å²) < 4.78 is 57.4. The van der Waals surface area contributed by atoms with Crippen LogP contribution in [0.2, 0.25) is 0 Å². The number of pyridine rings is 1. The monoisotopic (exact) mass is 642 g/mol. The lowest BCUT2D eigenvalue weighted by Crippen LogP contribution is -2.60. The molecule has 1 aliphatic rings. The van der Waals surface area contributed by atoms with Crippen LogP contribution in [0.4, 0.5) is 14.6 Å². The molecule has 1 aliphatic heterocycles. The molecule has 3 aromatic carbocycles. The van der Waals surface area contributed by atoms with Crippen LogP contribution in [0.5, 0.6) is 0 Å². The minimum absolute atomic E-state index is 0.0255. The summed E-state index contributed by atoms with van der Waals surface area (Å²) in [5, 5.41) is 2.82. The highest BCUT2D eigenvalue weighted by Gasteiger charge is 2.40. The highest BCUT2D eigenvalue weighted by molar-refractivity contribution is 7.89. The van der Waals surface area contributed by atoms with E-state index in [1.807, 2.05) is 35.2 Å². The molecule has 1 saturated heterocycles. The highest BCUT2D eigenvalue weighted by atomic mass is 32.2. The summed E-state index contributed by atoms with van der Waals surface area (Å²) >= 11 is 0. The Morgan fingerprint density at radius 2 is 1.63 bits per heavy atom. The lowest BCUT2D eigenvalue weighted by atomic mass is 10.0. The van der Waals surface area contributed by atoms with Crippen LogP contribution in [0.25, 0.3) is 22.2 Å². The number of anilines is 1. The summed E-state index contributed by atoms with van der Waals surface area (Å²) in [6.45, 7) is 1.79. The van der Waals surface area contributed by atoms with Gasteiger partial charge in [-0.1, -0.05) is 73.7 Å². The maximum absolute atomic E-state index is 14.1. The normalized spacial score (nSPS) is 16.0. The van der Waals surface area contributed by atoms with Gasteiger partial charge < -0.3 is 10.2 Å². The molecular formula is C34H32F2N6O3S. The quantitative estimate of drug-likeness (QED) is 0.230. The van der Waals surface area contributed by atoms with Crippen molar-refractivity contribution in [2.45, 2.75) is 36.7 Å². The van der Waals surface area contributed by atoms with Gasteiger partial charge >= 0.3 is 0 Å². The Morgan fingerprint density at radius 1 is 0.913 bits per heavy atom. The number of amides is 1. The third-order valence-electron chi connectivity index (χ3n) is 8.14. The van der Waals surface area contributed by atoms with Crippen molar-refractivity contribution in [1.29, 1.82) is 0 Å². The fourth-order valence-corrected chi connectivity index (χ4v) is 7.01. The van der Waals surface area contributed by atoms with Gasteiger partial charge in [0.1, 0.15) is 17.4 Å². The second-order valence-electron chi connectivity index (χ2n) is 11.0. The average molecular weight is 643 g/mol. The molecule has 0 bridgehead atoms. The molecule has 0 radical (unpaired) electrons. The van der Waals surface area contributed by atoms with Crippen LogP contribution in [0.1, 0.15) is 24.5 Å². The first-order valence-electron chi connectivity index (χ1n) is 14.9. The molecule has 1 atom stereocenters. The standard InChI is InChI=1S/C34H32F2N6O3S/c1-2-34(35,36)27-12-8-24(9-13-27)20-39-33(43)31-23-41(32-22-38-30-21-37-17-16-29(30)40-32)18-19-42(31)46(44,45)28-14-10-26(11-15-28)25-6-4-3-5-7-25/h3-17,21-22,31H,2,18-20,23H2,1H3,(H,39,43)/t31-/m1/s1. The predicted molar refractivity (Wildman–Crippen MR) is 172 cm³/mol. The molecule has 9 nitrogen and oxygen atoms in total. The van der Waals surface area contributed by atoms with Crippen molar-refractivity contribution in [2.75, 3.05) is 24.5 Å². The van der Waals surface area contributed by atoms with E-state index in [1.54, 1.807) is 48.9 Å². The summed E-state index contributed by atoms with van der Waals surface area (Å²) in [4.78, 5) is 28.8. The number of halogens is 2. The summed E-state index contributed by atoms with van der Waals surface area (Å²) in [7, 11) is -4.09. The largest absolute Gasteiger partial charge is 0.352 e. The van der Waals surface area contributed by atoms with Crippen molar-refractivity contribution >= 4 is 32.8 Å². The minimum Gasteiger partial charge on any atom is -0.352 e. The van der Waals surface area contributed by atoms with E-state index in [4.69, 9.17) is 0 Å². The fraction of sp³-hybridized carbons (Fsp3) is 0.235. The molecule has 6 rings (SSSR count). The summed E-state index contributed by atoms with van der Waals surface area (Å²) in [6, 6.07) is 22.6. The lowest BCUT2D eigenvalue weighted by Gasteiger charge is -2.40. The van der Waals surface area contributed by atoms with Crippen molar-refractivity contribution in [3.8, 4) is 11.1 Å². The SMILES string of the molecule is CCC(F)(F)c1ccc(CNC(=O)[C@H]2CN(c3cnc4cnccc4n3)CCN2S(=O)(=O)c2ccc(-c3ccccc3)cc2)cc1. The zero-order valence-corrected chi connectivity index (χ0v) is 25.9. The second kappa shape index (κ2) is 12.9. The molecule has 3 heterocycles. The zero-order valence-electron chi connectivity index (χ0n) is 25.1. The van der Waals surface area contributed by atoms with Crippen molar-refractivity contribution in [1.82, 2.24) is 24.6 Å². The van der Waals surface area contributed by atoms with Crippen LogP contribution < -0.4 is 10.2 Å². The van der Waals surface area contributed by atoms with Gasteiger partial charge in [-0.25, -0.2) is 27.2 Å². The Kier molecular flexibility index (Phi) is 8.74. The van der Waals surface area contributed by atoms with Gasteiger partial charge in [-0.3, -0.25) is 9.78 Å². The first-order chi connectivity index (χ1) is 22.2. The van der Waals surface area contributed by atoms with Gasteiger partial charge in [0.2, 0.25) is 15.9 Å². The second-order valence-corrected chi connectivity index (χ2v) is 12.9. The minimum atomic E-state index is -4.09. The number of carbonyl (C=O) groups is 1. The number of hydrogen-bond donors (Lipinski definition) is 1. The van der Waals surface area contributed by atoms with Crippen LogP contribution >= 0.6 is 0 Å². The van der Waals surface area contributed by atoms with Crippen molar-refractivity contribution in [3.05, 3.63) is 115 Å². The van der Waals surface area contributed by atoms with Crippen LogP contribution in [0.15, 0.2) is 108 Å². The average Bonchev–Trinajstić information content (AvgIpc) is 3.10. The van der Waals surface area contributed by atoms with Crippen molar-refractivity contribution in [2.24, 2.45) is 0 Å². The smallest absolute Gasteiger partial charge is 0.273 e. The van der Waals surface area contributed by atoms with E-state index in [1.165, 1.54) is 35.5 Å². The molecule has 1 N–H and O–H groups in total. The number of fused-ring (bicyclic) bond motifs is 1. The summed E-state index contributed by atoms with van der Waals surface area (Å²) in [5.74, 6) is -2.95. The van der Waals surface area contributed by atoms with Crippen molar-refractivity contribution < 1.29 is 22.0 Å². The van der Waals surface area contributed by atoms with Gasteiger partial charge in [0.15, 0.2) is 0 Å². The number of alkyl halides is 2. The first-order valence-corrected chi connectivity index (χ1v) is 16.3. The molecule has 0 aliphatic carbocycles. The number of benzene rings is 3. The Bertz CT molecular complexity index is 1940. The number of hydrogen-bond acceptors (Lipinski definition) is 7. The highest BCUT2D eigenvalue weighted by Crippen LogP contribution is 2.31. The van der Waals surface area contributed by atoms with E-state index in [0.29, 0.717) is 22.4 Å². The summed E-state index contributed by atoms with van der Waals surface area (Å²) in [6.07, 6.45) is 4.48. The number of sulfonamides is 1. The van der Waals surface area contributed by atoms with Gasteiger partial charge in [-0.2, -0.15) is 4.31 Å². The molecule has 0 saturated carbocycles. The molecule has 236 valence electrons. The van der Waals surface area contributed by atoms with Gasteiger partial charge in [0.05, 0.1) is 22.8 Å². The number of nitrogens with zero attached hydrogens (tertiary/aromatic N) is 5. The zero-order chi connectivity index (χ0) is 32.3. The van der Waals surface area contributed by atoms with Gasteiger partial charge in [0, 0.05) is 44.4 Å². The third-order valence-corrected chi connectivity index (χ3v) is 10.1. The molecule has 1 amide bonds. The number of rotatable bonds is 9. The topological polar surface area (TPSA) is 108 Å². The first kappa shape index (κ1) is 31.2. The fourth-order valence-electron chi connectivity index (χ4n) is 5.44. The molecule has 46 heavy (non-hydrogen) atoms. The van der Waals surface area contributed by atoms with Crippen LogP contribution in [-0.4, -0.2) is 59.3 Å². The van der Waals surface area contributed by atoms with Crippen molar-refractivity contribution in [3.63, 3.8) is 0 Å².